The van der Waals surface area contributed by atoms with E-state index in [-0.39, 0.29) is 19.0 Å². The molecular weight excluding hydrogens is 212 g/mol. The lowest BCUT2D eigenvalue weighted by Crippen LogP contribution is -2.41. The maximum absolute atomic E-state index is 11.2. The van der Waals surface area contributed by atoms with E-state index in [1.807, 2.05) is 13.8 Å². The van der Waals surface area contributed by atoms with Crippen molar-refractivity contribution in [3.05, 3.63) is 0 Å². The van der Waals surface area contributed by atoms with Crippen LogP contribution in [0.3, 0.4) is 0 Å². The number of hydrogen-bond acceptors (Lipinski definition) is 3. The number of carboxylic acid groups (broad SMARTS) is 1. The molecule has 94 valence electrons. The summed E-state index contributed by atoms with van der Waals surface area (Å²) < 4.78 is 4.91. The number of ether oxygens (including phenoxy) is 1. The molecule has 0 bridgehead atoms. The van der Waals surface area contributed by atoms with Gasteiger partial charge in [0.05, 0.1) is 12.5 Å². The molecule has 1 atom stereocenters. The molecule has 0 fully saturated rings. The van der Waals surface area contributed by atoms with E-state index in [1.165, 1.54) is 7.11 Å². The van der Waals surface area contributed by atoms with Gasteiger partial charge in [0.2, 0.25) is 0 Å². The SMILES string of the molecule is COC(CNC(=O)NCC(C)C)CC(=O)O. The third-order valence-corrected chi connectivity index (χ3v) is 1.90. The van der Waals surface area contributed by atoms with Crippen molar-refractivity contribution in [1.29, 1.82) is 0 Å². The summed E-state index contributed by atoms with van der Waals surface area (Å²) in [6, 6.07) is -0.305. The first-order valence-electron chi connectivity index (χ1n) is 5.22. The zero-order valence-electron chi connectivity index (χ0n) is 9.95. The number of rotatable bonds is 7. The Labute approximate surface area is 95.4 Å². The fraction of sp³-hybridized carbons (Fsp3) is 0.800. The second-order valence-corrected chi connectivity index (χ2v) is 3.94. The maximum Gasteiger partial charge on any atom is 0.314 e. The Balaban J connectivity index is 3.75. The van der Waals surface area contributed by atoms with Crippen molar-refractivity contribution in [3.8, 4) is 0 Å². The highest BCUT2D eigenvalue weighted by molar-refractivity contribution is 5.74. The highest BCUT2D eigenvalue weighted by Crippen LogP contribution is 1.95. The molecule has 3 N–H and O–H groups in total. The van der Waals surface area contributed by atoms with Crippen LogP contribution in [0.5, 0.6) is 0 Å². The molecule has 16 heavy (non-hydrogen) atoms. The number of urea groups is 1. The van der Waals surface area contributed by atoms with Crippen LogP contribution in [0.4, 0.5) is 4.79 Å². The fourth-order valence-electron chi connectivity index (χ4n) is 0.999. The molecule has 1 unspecified atom stereocenters. The summed E-state index contributed by atoms with van der Waals surface area (Å²) in [4.78, 5) is 21.6. The van der Waals surface area contributed by atoms with Crippen molar-refractivity contribution >= 4 is 12.0 Å². The Kier molecular flexibility index (Phi) is 7.28. The molecule has 0 aromatic heterocycles. The third-order valence-electron chi connectivity index (χ3n) is 1.90. The van der Waals surface area contributed by atoms with Crippen LogP contribution in [0.15, 0.2) is 0 Å². The van der Waals surface area contributed by atoms with Crippen molar-refractivity contribution in [2.75, 3.05) is 20.2 Å². The number of amides is 2. The van der Waals surface area contributed by atoms with Crippen LogP contribution in [0.2, 0.25) is 0 Å². The number of carboxylic acids is 1. The predicted octanol–water partition coefficient (Wildman–Crippen LogP) is 0.431. The van der Waals surface area contributed by atoms with E-state index in [1.54, 1.807) is 0 Å². The molecule has 0 aliphatic rings. The normalized spacial score (nSPS) is 12.2. The largest absolute Gasteiger partial charge is 0.481 e. The van der Waals surface area contributed by atoms with E-state index in [0.717, 1.165) is 0 Å². The topological polar surface area (TPSA) is 87.7 Å². The summed E-state index contributed by atoms with van der Waals surface area (Å²) in [7, 11) is 1.42. The van der Waals surface area contributed by atoms with Gasteiger partial charge < -0.3 is 20.5 Å². The first-order chi connectivity index (χ1) is 7.45. The highest BCUT2D eigenvalue weighted by Gasteiger charge is 2.13. The minimum atomic E-state index is -0.948. The highest BCUT2D eigenvalue weighted by atomic mass is 16.5. The number of methoxy groups -OCH3 is 1. The molecule has 0 aliphatic carbocycles. The van der Waals surface area contributed by atoms with Crippen molar-refractivity contribution in [3.63, 3.8) is 0 Å². The van der Waals surface area contributed by atoms with E-state index >= 15 is 0 Å². The van der Waals surface area contributed by atoms with Crippen LogP contribution in [0.1, 0.15) is 20.3 Å². The molecule has 0 aromatic carbocycles. The summed E-state index contributed by atoms with van der Waals surface area (Å²) in [6.45, 7) is 4.75. The van der Waals surface area contributed by atoms with E-state index < -0.39 is 12.1 Å². The molecule has 0 aliphatic heterocycles. The minimum absolute atomic E-state index is 0.124. The lowest BCUT2D eigenvalue weighted by Gasteiger charge is -2.14. The average molecular weight is 232 g/mol. The van der Waals surface area contributed by atoms with Crippen LogP contribution in [-0.4, -0.2) is 43.4 Å². The van der Waals surface area contributed by atoms with Gasteiger partial charge in [0.15, 0.2) is 0 Å². The number of carbonyl (C=O) groups is 2. The van der Waals surface area contributed by atoms with Gasteiger partial charge in [0.25, 0.3) is 0 Å². The fourth-order valence-corrected chi connectivity index (χ4v) is 0.999. The second kappa shape index (κ2) is 7.92. The summed E-state index contributed by atoms with van der Waals surface area (Å²) in [5.41, 5.74) is 0. The van der Waals surface area contributed by atoms with Crippen LogP contribution in [0.25, 0.3) is 0 Å². The maximum atomic E-state index is 11.2. The van der Waals surface area contributed by atoms with E-state index in [4.69, 9.17) is 9.84 Å². The van der Waals surface area contributed by atoms with Crippen LogP contribution in [0, 0.1) is 5.92 Å². The number of hydrogen-bond donors (Lipinski definition) is 3. The van der Waals surface area contributed by atoms with Gasteiger partial charge in [-0.05, 0) is 5.92 Å². The Morgan fingerprint density at radius 3 is 2.25 bits per heavy atom. The van der Waals surface area contributed by atoms with Gasteiger partial charge in [-0.1, -0.05) is 13.8 Å². The summed E-state index contributed by atoms with van der Waals surface area (Å²) in [5, 5.41) is 13.8. The van der Waals surface area contributed by atoms with Crippen LogP contribution >= 0.6 is 0 Å². The number of carbonyl (C=O) groups excluding carboxylic acids is 1. The van der Waals surface area contributed by atoms with Gasteiger partial charge in [0.1, 0.15) is 0 Å². The summed E-state index contributed by atoms with van der Waals surface area (Å²) in [5.74, 6) is -0.570. The standard InChI is InChI=1S/C10H20N2O4/c1-7(2)5-11-10(15)12-6-8(16-3)4-9(13)14/h7-8H,4-6H2,1-3H3,(H,13,14)(H2,11,12,15). The number of aliphatic carboxylic acids is 1. The first kappa shape index (κ1) is 14.7. The summed E-state index contributed by atoms with van der Waals surface area (Å²) >= 11 is 0. The second-order valence-electron chi connectivity index (χ2n) is 3.94. The summed E-state index contributed by atoms with van der Waals surface area (Å²) in [6.07, 6.45) is -0.622. The van der Waals surface area contributed by atoms with Gasteiger partial charge in [-0.25, -0.2) is 4.79 Å². The Hall–Kier alpha value is -1.30. The van der Waals surface area contributed by atoms with E-state index in [0.29, 0.717) is 12.5 Å². The van der Waals surface area contributed by atoms with Crippen LogP contribution < -0.4 is 10.6 Å². The lowest BCUT2D eigenvalue weighted by molar-refractivity contribution is -0.139. The Bertz CT molecular complexity index is 231. The smallest absolute Gasteiger partial charge is 0.314 e. The molecule has 0 rings (SSSR count). The molecule has 6 nitrogen and oxygen atoms in total. The monoisotopic (exact) mass is 232 g/mol. The van der Waals surface area contributed by atoms with Crippen molar-refractivity contribution in [2.45, 2.75) is 26.4 Å². The molecule has 0 aromatic rings. The third kappa shape index (κ3) is 8.05. The van der Waals surface area contributed by atoms with Gasteiger partial charge in [-0.15, -0.1) is 0 Å². The Morgan fingerprint density at radius 2 is 1.81 bits per heavy atom. The van der Waals surface area contributed by atoms with Gasteiger partial charge in [-0.3, -0.25) is 4.79 Å². The van der Waals surface area contributed by atoms with Crippen molar-refractivity contribution in [1.82, 2.24) is 10.6 Å². The minimum Gasteiger partial charge on any atom is -0.481 e. The molecule has 0 saturated heterocycles. The van der Waals surface area contributed by atoms with Crippen molar-refractivity contribution in [2.24, 2.45) is 5.92 Å². The first-order valence-corrected chi connectivity index (χ1v) is 5.22. The Morgan fingerprint density at radius 1 is 1.25 bits per heavy atom. The zero-order valence-corrected chi connectivity index (χ0v) is 9.95. The van der Waals surface area contributed by atoms with Crippen LogP contribution in [-0.2, 0) is 9.53 Å². The number of nitrogens with one attached hydrogen (secondary N) is 2. The molecule has 0 heterocycles. The van der Waals surface area contributed by atoms with E-state index in [2.05, 4.69) is 10.6 Å². The lowest BCUT2D eigenvalue weighted by atomic mass is 10.2. The molecular formula is C10H20N2O4. The quantitative estimate of drug-likeness (QED) is 0.594. The molecule has 2 amide bonds. The molecule has 0 spiro atoms. The zero-order chi connectivity index (χ0) is 12.6. The molecule has 6 heteroatoms. The average Bonchev–Trinajstić information content (AvgIpc) is 2.20. The molecule has 0 saturated carbocycles. The van der Waals surface area contributed by atoms with Gasteiger partial charge >= 0.3 is 12.0 Å². The van der Waals surface area contributed by atoms with E-state index in [9.17, 15) is 9.59 Å². The van der Waals surface area contributed by atoms with Gasteiger partial charge in [0, 0.05) is 20.2 Å². The van der Waals surface area contributed by atoms with Gasteiger partial charge in [-0.2, -0.15) is 0 Å². The van der Waals surface area contributed by atoms with Crippen molar-refractivity contribution < 1.29 is 19.4 Å². The molecule has 0 radical (unpaired) electrons. The predicted molar refractivity (Wildman–Crippen MR) is 59.3 cm³/mol.